The third-order valence-corrected chi connectivity index (χ3v) is 1.49. The van der Waals surface area contributed by atoms with E-state index in [-0.39, 0.29) is 5.69 Å². The number of carbonyl (C=O) groups excluding carboxylic acids is 1. The van der Waals surface area contributed by atoms with Gasteiger partial charge in [-0.05, 0) is 6.07 Å². The molecule has 0 spiro atoms. The molecule has 0 atom stereocenters. The molecule has 70 valence electrons. The lowest BCUT2D eigenvalue weighted by atomic mass is 10.4. The number of aromatic carboxylic acids is 1. The number of nitrogens with one attached hydrogen (secondary N) is 1. The molecule has 0 saturated carbocycles. The summed E-state index contributed by atoms with van der Waals surface area (Å²) in [5, 5.41) is 10.9. The molecule has 0 aliphatic rings. The zero-order valence-electron chi connectivity index (χ0n) is 6.94. The van der Waals surface area contributed by atoms with Crippen molar-refractivity contribution in [2.45, 2.75) is 0 Å². The Hall–Kier alpha value is -1.98. The van der Waals surface area contributed by atoms with E-state index >= 15 is 0 Å². The summed E-state index contributed by atoms with van der Waals surface area (Å²) in [6.07, 6.45) is 1.47. The van der Waals surface area contributed by atoms with Crippen molar-refractivity contribution in [2.24, 2.45) is 12.8 Å². The Balaban J connectivity index is 2.95. The quantitative estimate of drug-likeness (QED) is 0.611. The van der Waals surface area contributed by atoms with Gasteiger partial charge < -0.3 is 20.7 Å². The van der Waals surface area contributed by atoms with Gasteiger partial charge in [0.15, 0.2) is 0 Å². The number of aryl methyl sites for hydroxylation is 1. The van der Waals surface area contributed by atoms with Crippen molar-refractivity contribution in [1.82, 2.24) is 4.57 Å². The van der Waals surface area contributed by atoms with E-state index in [4.69, 9.17) is 10.8 Å². The van der Waals surface area contributed by atoms with E-state index < -0.39 is 12.0 Å². The van der Waals surface area contributed by atoms with Crippen LogP contribution in [-0.4, -0.2) is 21.7 Å². The predicted octanol–water partition coefficient (Wildman–Crippen LogP) is 0.214. The summed E-state index contributed by atoms with van der Waals surface area (Å²) in [4.78, 5) is 21.0. The number of carboxylic acids is 1. The Labute approximate surface area is 74.0 Å². The van der Waals surface area contributed by atoms with Crippen LogP contribution < -0.4 is 11.1 Å². The van der Waals surface area contributed by atoms with E-state index in [9.17, 15) is 9.59 Å². The van der Waals surface area contributed by atoms with Gasteiger partial charge in [-0.15, -0.1) is 0 Å². The fourth-order valence-corrected chi connectivity index (χ4v) is 0.988. The molecule has 1 aromatic heterocycles. The number of amides is 2. The van der Waals surface area contributed by atoms with E-state index in [1.165, 1.54) is 16.8 Å². The molecule has 0 radical (unpaired) electrons. The molecule has 1 rings (SSSR count). The largest absolute Gasteiger partial charge is 0.477 e. The average molecular weight is 183 g/mol. The van der Waals surface area contributed by atoms with Crippen molar-refractivity contribution in [1.29, 1.82) is 0 Å². The van der Waals surface area contributed by atoms with Gasteiger partial charge in [0.2, 0.25) is 0 Å². The number of nitrogens with zero attached hydrogens (tertiary/aromatic N) is 1. The molecule has 0 aliphatic heterocycles. The number of primary amides is 1. The predicted molar refractivity (Wildman–Crippen MR) is 45.6 cm³/mol. The molecular formula is C7H9N3O3. The van der Waals surface area contributed by atoms with Gasteiger partial charge in [-0.3, -0.25) is 0 Å². The first kappa shape index (κ1) is 9.11. The lowest BCUT2D eigenvalue weighted by Gasteiger charge is -1.94. The van der Waals surface area contributed by atoms with E-state index in [0.717, 1.165) is 0 Å². The van der Waals surface area contributed by atoms with Gasteiger partial charge >= 0.3 is 12.0 Å². The first-order valence-electron chi connectivity index (χ1n) is 3.47. The van der Waals surface area contributed by atoms with Crippen LogP contribution in [0.4, 0.5) is 10.5 Å². The summed E-state index contributed by atoms with van der Waals surface area (Å²) in [5.41, 5.74) is 5.31. The summed E-state index contributed by atoms with van der Waals surface area (Å²) in [6, 6.07) is 0.607. The summed E-state index contributed by atoms with van der Waals surface area (Å²) < 4.78 is 1.38. The van der Waals surface area contributed by atoms with Crippen LogP contribution in [0.5, 0.6) is 0 Å². The van der Waals surface area contributed by atoms with Crippen LogP contribution in [0.15, 0.2) is 12.3 Å². The minimum Gasteiger partial charge on any atom is -0.477 e. The molecule has 6 heteroatoms. The normalized spacial score (nSPS) is 9.62. The molecule has 0 aliphatic carbocycles. The molecule has 1 heterocycles. The van der Waals surface area contributed by atoms with Gasteiger partial charge in [0.1, 0.15) is 5.69 Å². The van der Waals surface area contributed by atoms with Gasteiger partial charge in [-0.25, -0.2) is 9.59 Å². The van der Waals surface area contributed by atoms with Crippen LogP contribution in [0, 0.1) is 0 Å². The lowest BCUT2D eigenvalue weighted by Crippen LogP contribution is -2.18. The molecule has 1 aromatic rings. The van der Waals surface area contributed by atoms with Crippen LogP contribution in [-0.2, 0) is 7.05 Å². The van der Waals surface area contributed by atoms with E-state index in [1.807, 2.05) is 0 Å². The number of carboxylic acid groups (broad SMARTS) is 1. The van der Waals surface area contributed by atoms with Crippen LogP contribution in [0.3, 0.4) is 0 Å². The Morgan fingerprint density at radius 3 is 2.62 bits per heavy atom. The smallest absolute Gasteiger partial charge is 0.352 e. The zero-order valence-corrected chi connectivity index (χ0v) is 6.94. The van der Waals surface area contributed by atoms with Crippen LogP contribution >= 0.6 is 0 Å². The third kappa shape index (κ3) is 1.98. The number of nitrogens with two attached hydrogens (primary N) is 1. The molecule has 0 saturated heterocycles. The highest BCUT2D eigenvalue weighted by molar-refractivity contribution is 5.91. The monoisotopic (exact) mass is 183 g/mol. The summed E-state index contributed by atoms with van der Waals surface area (Å²) >= 11 is 0. The SMILES string of the molecule is Cn1cc(NC(N)=O)cc1C(=O)O. The molecule has 0 bridgehead atoms. The second-order valence-corrected chi connectivity index (χ2v) is 2.52. The molecule has 6 nitrogen and oxygen atoms in total. The Morgan fingerprint density at radius 2 is 2.23 bits per heavy atom. The van der Waals surface area contributed by atoms with E-state index in [0.29, 0.717) is 5.69 Å². The fraction of sp³-hybridized carbons (Fsp3) is 0.143. The van der Waals surface area contributed by atoms with Crippen molar-refractivity contribution >= 4 is 17.7 Å². The van der Waals surface area contributed by atoms with Gasteiger partial charge in [0.05, 0.1) is 5.69 Å². The van der Waals surface area contributed by atoms with Crippen molar-refractivity contribution in [3.63, 3.8) is 0 Å². The lowest BCUT2D eigenvalue weighted by molar-refractivity contribution is 0.0686. The maximum absolute atomic E-state index is 10.6. The Kier molecular flexibility index (Phi) is 2.23. The highest BCUT2D eigenvalue weighted by Crippen LogP contribution is 2.11. The van der Waals surface area contributed by atoms with Crippen LogP contribution in [0.1, 0.15) is 10.5 Å². The maximum Gasteiger partial charge on any atom is 0.352 e. The maximum atomic E-state index is 10.6. The second kappa shape index (κ2) is 3.18. The molecule has 13 heavy (non-hydrogen) atoms. The molecule has 4 N–H and O–H groups in total. The molecule has 0 fully saturated rings. The number of hydrogen-bond acceptors (Lipinski definition) is 2. The highest BCUT2D eigenvalue weighted by atomic mass is 16.4. The van der Waals surface area contributed by atoms with Crippen molar-refractivity contribution in [3.05, 3.63) is 18.0 Å². The summed E-state index contributed by atoms with van der Waals surface area (Å²) in [6.45, 7) is 0. The summed E-state index contributed by atoms with van der Waals surface area (Å²) in [5.74, 6) is -1.06. The minimum absolute atomic E-state index is 0.0868. The van der Waals surface area contributed by atoms with E-state index in [1.54, 1.807) is 7.05 Å². The zero-order chi connectivity index (χ0) is 10.0. The topological polar surface area (TPSA) is 97.4 Å². The van der Waals surface area contributed by atoms with Gasteiger partial charge in [-0.2, -0.15) is 0 Å². The van der Waals surface area contributed by atoms with Crippen molar-refractivity contribution in [3.8, 4) is 0 Å². The third-order valence-electron chi connectivity index (χ3n) is 1.49. The second-order valence-electron chi connectivity index (χ2n) is 2.52. The Bertz CT molecular complexity index is 356. The van der Waals surface area contributed by atoms with Crippen LogP contribution in [0.2, 0.25) is 0 Å². The van der Waals surface area contributed by atoms with Crippen LogP contribution in [0.25, 0.3) is 0 Å². The first-order chi connectivity index (χ1) is 6.00. The first-order valence-corrected chi connectivity index (χ1v) is 3.47. The molecule has 0 unspecified atom stereocenters. The van der Waals surface area contributed by atoms with Crippen molar-refractivity contribution in [2.75, 3.05) is 5.32 Å². The number of hydrogen-bond donors (Lipinski definition) is 3. The number of urea groups is 1. The minimum atomic E-state index is -1.06. The fourth-order valence-electron chi connectivity index (χ4n) is 0.988. The van der Waals surface area contributed by atoms with Gasteiger partial charge in [-0.1, -0.05) is 0 Å². The molecular weight excluding hydrogens is 174 g/mol. The standard InChI is InChI=1S/C7H9N3O3/c1-10-3-4(9-7(8)13)2-5(10)6(11)12/h2-3H,1H3,(H,11,12)(H3,8,9,13). The number of aromatic nitrogens is 1. The summed E-state index contributed by atoms with van der Waals surface area (Å²) in [7, 11) is 1.57. The number of carbonyl (C=O) groups is 2. The Morgan fingerprint density at radius 1 is 1.62 bits per heavy atom. The molecule has 2 amide bonds. The number of rotatable bonds is 2. The number of anilines is 1. The van der Waals surface area contributed by atoms with Gasteiger partial charge in [0, 0.05) is 13.2 Å². The van der Waals surface area contributed by atoms with Crippen molar-refractivity contribution < 1.29 is 14.7 Å². The van der Waals surface area contributed by atoms with E-state index in [2.05, 4.69) is 5.32 Å². The molecule has 0 aromatic carbocycles. The highest BCUT2D eigenvalue weighted by Gasteiger charge is 2.10. The van der Waals surface area contributed by atoms with Gasteiger partial charge in [0.25, 0.3) is 0 Å². The average Bonchev–Trinajstić information content (AvgIpc) is 2.29.